The van der Waals surface area contributed by atoms with Gasteiger partial charge in [-0.15, -0.1) is 0 Å². The molecule has 0 spiro atoms. The summed E-state index contributed by atoms with van der Waals surface area (Å²) >= 11 is 1.69. The van der Waals surface area contributed by atoms with E-state index in [-0.39, 0.29) is 11.9 Å². The molecule has 110 valence electrons. The minimum atomic E-state index is 0.225. The normalized spacial score (nSPS) is 27.4. The number of carbonyl (C=O) groups excluding carboxylic acids is 1. The van der Waals surface area contributed by atoms with E-state index in [4.69, 9.17) is 4.74 Å². The molecule has 3 rings (SSSR count). The predicted molar refractivity (Wildman–Crippen MR) is 79.9 cm³/mol. The van der Waals surface area contributed by atoms with Gasteiger partial charge in [0.2, 0.25) is 5.91 Å². The minimum Gasteiger partial charge on any atom is -0.379 e. The van der Waals surface area contributed by atoms with Gasteiger partial charge in [-0.05, 0) is 35.9 Å². The summed E-state index contributed by atoms with van der Waals surface area (Å²) in [6.07, 6.45) is 1.47. The number of likely N-dealkylation sites (N-methyl/N-ethyl adjacent to an activating group) is 1. The highest BCUT2D eigenvalue weighted by atomic mass is 32.1. The highest BCUT2D eigenvalue weighted by Crippen LogP contribution is 2.20. The Bertz CT molecular complexity index is 449. The van der Waals surface area contributed by atoms with Crippen molar-refractivity contribution >= 4 is 17.2 Å². The van der Waals surface area contributed by atoms with Crippen LogP contribution in [0, 0.1) is 5.92 Å². The average molecular weight is 294 g/mol. The van der Waals surface area contributed by atoms with Crippen molar-refractivity contribution < 1.29 is 9.53 Å². The molecule has 0 aliphatic carbocycles. The first-order chi connectivity index (χ1) is 9.72. The fourth-order valence-corrected chi connectivity index (χ4v) is 3.92. The maximum absolute atomic E-state index is 12.6. The Morgan fingerprint density at radius 2 is 2.30 bits per heavy atom. The van der Waals surface area contributed by atoms with Gasteiger partial charge in [0.05, 0.1) is 19.3 Å². The minimum absolute atomic E-state index is 0.225. The molecule has 20 heavy (non-hydrogen) atoms. The zero-order valence-electron chi connectivity index (χ0n) is 12.0. The van der Waals surface area contributed by atoms with Gasteiger partial charge in [-0.2, -0.15) is 11.3 Å². The first-order valence-electron chi connectivity index (χ1n) is 7.29. The Labute approximate surface area is 124 Å². The number of hydrogen-bond acceptors (Lipinski definition) is 4. The van der Waals surface area contributed by atoms with E-state index in [9.17, 15) is 4.79 Å². The van der Waals surface area contributed by atoms with Crippen LogP contribution in [0.1, 0.15) is 12.0 Å². The quantitative estimate of drug-likeness (QED) is 0.846. The van der Waals surface area contributed by atoms with Crippen molar-refractivity contribution in [2.75, 3.05) is 39.9 Å². The first-order valence-corrected chi connectivity index (χ1v) is 8.23. The van der Waals surface area contributed by atoms with E-state index in [1.54, 1.807) is 11.3 Å². The van der Waals surface area contributed by atoms with Crippen LogP contribution in [0.25, 0.3) is 0 Å². The maximum atomic E-state index is 12.6. The fourth-order valence-electron chi connectivity index (χ4n) is 3.21. The molecule has 2 fully saturated rings. The number of carbonyl (C=O) groups is 1. The molecule has 5 heteroatoms. The number of fused-ring (bicyclic) bond motifs is 3. The van der Waals surface area contributed by atoms with Crippen molar-refractivity contribution in [3.8, 4) is 0 Å². The standard InChI is InChI=1S/C15H22N2O2S/c1-16-6-13-7-17(14(8-16)10-19-9-13)15(18)3-2-12-4-5-20-11-12/h4-5,11,13-14H,2-3,6-10H2,1H3/t13-,14-/m0/s1. The maximum Gasteiger partial charge on any atom is 0.223 e. The smallest absolute Gasteiger partial charge is 0.223 e. The zero-order valence-corrected chi connectivity index (χ0v) is 12.8. The van der Waals surface area contributed by atoms with Crippen LogP contribution in [-0.4, -0.2) is 61.6 Å². The predicted octanol–water partition coefficient (Wildman–Crippen LogP) is 1.47. The van der Waals surface area contributed by atoms with Crippen molar-refractivity contribution in [2.45, 2.75) is 18.9 Å². The van der Waals surface area contributed by atoms with Crippen LogP contribution in [0.15, 0.2) is 16.8 Å². The third-order valence-corrected chi connectivity index (χ3v) is 4.91. The lowest BCUT2D eigenvalue weighted by atomic mass is 10.1. The van der Waals surface area contributed by atoms with Crippen molar-refractivity contribution in [3.63, 3.8) is 0 Å². The molecule has 2 aliphatic heterocycles. The highest BCUT2D eigenvalue weighted by molar-refractivity contribution is 7.07. The van der Waals surface area contributed by atoms with Gasteiger partial charge in [0.25, 0.3) is 0 Å². The Morgan fingerprint density at radius 3 is 3.10 bits per heavy atom. The van der Waals surface area contributed by atoms with E-state index in [2.05, 4.69) is 33.7 Å². The number of amides is 1. The van der Waals surface area contributed by atoms with Crippen LogP contribution in [0.3, 0.4) is 0 Å². The molecule has 4 nitrogen and oxygen atoms in total. The monoisotopic (exact) mass is 294 g/mol. The molecule has 0 N–H and O–H groups in total. The summed E-state index contributed by atoms with van der Waals surface area (Å²) in [6.45, 7) is 4.29. The van der Waals surface area contributed by atoms with Crippen molar-refractivity contribution in [2.24, 2.45) is 5.92 Å². The molecule has 1 aromatic heterocycles. The lowest BCUT2D eigenvalue weighted by Gasteiger charge is -2.29. The first kappa shape index (κ1) is 14.0. The summed E-state index contributed by atoms with van der Waals surface area (Å²) in [4.78, 5) is 17.0. The van der Waals surface area contributed by atoms with E-state index < -0.39 is 0 Å². The molecule has 2 aliphatic rings. The van der Waals surface area contributed by atoms with E-state index in [1.807, 2.05) is 0 Å². The molecule has 2 saturated heterocycles. The van der Waals surface area contributed by atoms with Crippen LogP contribution in [0.5, 0.6) is 0 Å². The van der Waals surface area contributed by atoms with E-state index in [0.29, 0.717) is 18.9 Å². The topological polar surface area (TPSA) is 32.8 Å². The van der Waals surface area contributed by atoms with Gasteiger partial charge in [-0.25, -0.2) is 0 Å². The van der Waals surface area contributed by atoms with Crippen molar-refractivity contribution in [1.82, 2.24) is 9.80 Å². The van der Waals surface area contributed by atoms with Crippen LogP contribution in [-0.2, 0) is 16.0 Å². The van der Waals surface area contributed by atoms with Crippen LogP contribution in [0.2, 0.25) is 0 Å². The second kappa shape index (κ2) is 6.24. The third kappa shape index (κ3) is 3.22. The summed E-state index contributed by atoms with van der Waals surface area (Å²) in [5.74, 6) is 0.740. The number of ether oxygens (including phenoxy) is 1. The molecule has 2 atom stereocenters. The molecule has 1 amide bonds. The lowest BCUT2D eigenvalue weighted by Crippen LogP contribution is -2.46. The van der Waals surface area contributed by atoms with E-state index in [0.717, 1.165) is 32.7 Å². The highest BCUT2D eigenvalue weighted by Gasteiger charge is 2.34. The molecule has 2 bridgehead atoms. The lowest BCUT2D eigenvalue weighted by molar-refractivity contribution is -0.133. The van der Waals surface area contributed by atoms with Gasteiger partial charge in [-0.1, -0.05) is 0 Å². The van der Waals surface area contributed by atoms with Gasteiger partial charge in [0.1, 0.15) is 0 Å². The summed E-state index contributed by atoms with van der Waals surface area (Å²) in [6, 6.07) is 2.33. The Balaban J connectivity index is 1.64. The zero-order chi connectivity index (χ0) is 13.9. The summed E-state index contributed by atoms with van der Waals surface area (Å²) in [5, 5.41) is 4.20. The number of thiophene rings is 1. The SMILES string of the molecule is CN1C[C@@H]2COC[C@H](C1)N(C(=O)CCc1ccsc1)C2. The van der Waals surface area contributed by atoms with Gasteiger partial charge in [0.15, 0.2) is 0 Å². The number of aryl methyl sites for hydroxylation is 1. The molecule has 0 aromatic carbocycles. The van der Waals surface area contributed by atoms with Gasteiger partial charge in [0, 0.05) is 32.0 Å². The summed E-state index contributed by atoms with van der Waals surface area (Å²) < 4.78 is 5.72. The molecule has 1 aromatic rings. The average Bonchev–Trinajstić information content (AvgIpc) is 2.78. The summed E-state index contributed by atoms with van der Waals surface area (Å²) in [5.41, 5.74) is 1.27. The molecule has 0 radical (unpaired) electrons. The van der Waals surface area contributed by atoms with Crippen LogP contribution < -0.4 is 0 Å². The van der Waals surface area contributed by atoms with Gasteiger partial charge < -0.3 is 14.5 Å². The van der Waals surface area contributed by atoms with Crippen LogP contribution >= 0.6 is 11.3 Å². The Kier molecular flexibility index (Phi) is 4.38. The van der Waals surface area contributed by atoms with Gasteiger partial charge >= 0.3 is 0 Å². The molecule has 3 heterocycles. The van der Waals surface area contributed by atoms with Gasteiger partial charge in [-0.3, -0.25) is 4.79 Å². The van der Waals surface area contributed by atoms with Crippen molar-refractivity contribution in [3.05, 3.63) is 22.4 Å². The molecular formula is C15H22N2O2S. The number of hydrogen-bond donors (Lipinski definition) is 0. The van der Waals surface area contributed by atoms with Crippen molar-refractivity contribution in [1.29, 1.82) is 0 Å². The second-order valence-electron chi connectivity index (χ2n) is 5.96. The number of nitrogens with zero attached hydrogens (tertiary/aromatic N) is 2. The second-order valence-corrected chi connectivity index (χ2v) is 6.74. The molecule has 0 saturated carbocycles. The Hall–Kier alpha value is -0.910. The molecule has 0 unspecified atom stereocenters. The van der Waals surface area contributed by atoms with E-state index in [1.165, 1.54) is 5.56 Å². The third-order valence-electron chi connectivity index (χ3n) is 4.18. The summed E-state index contributed by atoms with van der Waals surface area (Å²) in [7, 11) is 2.14. The van der Waals surface area contributed by atoms with E-state index >= 15 is 0 Å². The largest absolute Gasteiger partial charge is 0.379 e. The van der Waals surface area contributed by atoms with Crippen LogP contribution in [0.4, 0.5) is 0 Å². The molecular weight excluding hydrogens is 272 g/mol. The fraction of sp³-hybridized carbons (Fsp3) is 0.667. The number of rotatable bonds is 3. The Morgan fingerprint density at radius 1 is 1.40 bits per heavy atom.